The number of halogens is 1. The van der Waals surface area contributed by atoms with Crippen molar-refractivity contribution in [1.82, 2.24) is 5.32 Å². The van der Waals surface area contributed by atoms with E-state index < -0.39 is 18.5 Å². The molecule has 0 spiro atoms. The first-order valence-electron chi connectivity index (χ1n) is 11.3. The second kappa shape index (κ2) is 8.97. The number of carbonyl (C=O) groups is 3. The first-order valence-corrected chi connectivity index (χ1v) is 11.3. The summed E-state index contributed by atoms with van der Waals surface area (Å²) in [5, 5.41) is 2.68. The van der Waals surface area contributed by atoms with E-state index in [1.54, 1.807) is 6.92 Å². The average molecular weight is 431 g/mol. The van der Waals surface area contributed by atoms with E-state index in [1.165, 1.54) is 48.4 Å². The van der Waals surface area contributed by atoms with Gasteiger partial charge in [-0.25, -0.2) is 4.39 Å². The van der Waals surface area contributed by atoms with Gasteiger partial charge in [0.2, 0.25) is 5.91 Å². The second-order valence-corrected chi connectivity index (χ2v) is 9.65. The molecule has 0 saturated heterocycles. The van der Waals surface area contributed by atoms with E-state index in [9.17, 15) is 18.8 Å². The average Bonchev–Trinajstić information content (AvgIpc) is 2.71. The Hall–Kier alpha value is -2.44. The van der Waals surface area contributed by atoms with Crippen LogP contribution in [0.5, 0.6) is 0 Å². The van der Waals surface area contributed by atoms with Crippen molar-refractivity contribution >= 4 is 23.5 Å². The van der Waals surface area contributed by atoms with Crippen LogP contribution in [-0.4, -0.2) is 37.5 Å². The number of ether oxygens (including phenoxy) is 1. The molecule has 0 heterocycles. The molecular weight excluding hydrogens is 399 g/mol. The van der Waals surface area contributed by atoms with Gasteiger partial charge in [0.1, 0.15) is 12.4 Å². The molecule has 1 aromatic carbocycles. The highest BCUT2D eigenvalue weighted by Crippen LogP contribution is 2.61. The Morgan fingerprint density at radius 1 is 1.06 bits per heavy atom. The van der Waals surface area contributed by atoms with Crippen LogP contribution in [0, 0.1) is 29.0 Å². The summed E-state index contributed by atoms with van der Waals surface area (Å²) in [6.07, 6.45) is 7.89. The minimum absolute atomic E-state index is 0.105. The molecule has 0 aliphatic heterocycles. The summed E-state index contributed by atoms with van der Waals surface area (Å²) in [5.74, 6) is 0.798. The van der Waals surface area contributed by atoms with E-state index in [4.69, 9.17) is 4.74 Å². The summed E-state index contributed by atoms with van der Waals surface area (Å²) in [4.78, 5) is 38.4. The van der Waals surface area contributed by atoms with Crippen molar-refractivity contribution in [1.29, 1.82) is 0 Å². The number of amides is 2. The maximum absolute atomic E-state index is 13.1. The van der Waals surface area contributed by atoms with Gasteiger partial charge in [-0.2, -0.15) is 0 Å². The van der Waals surface area contributed by atoms with E-state index in [0.29, 0.717) is 18.7 Å². The molecule has 168 valence electrons. The number of anilines is 1. The maximum atomic E-state index is 13.1. The lowest BCUT2D eigenvalue weighted by molar-refractivity contribution is -0.148. The van der Waals surface area contributed by atoms with Crippen LogP contribution >= 0.6 is 0 Å². The van der Waals surface area contributed by atoms with Gasteiger partial charge in [0.05, 0.1) is 0 Å². The first kappa shape index (κ1) is 21.8. The van der Waals surface area contributed by atoms with E-state index in [0.717, 1.165) is 37.0 Å². The molecule has 2 amide bonds. The van der Waals surface area contributed by atoms with Gasteiger partial charge in [0, 0.05) is 18.7 Å². The Labute approximate surface area is 182 Å². The lowest BCUT2D eigenvalue weighted by Gasteiger charge is -2.56. The number of likely N-dealkylation sites (N-methyl/N-ethyl adjacent to an activating group) is 1. The van der Waals surface area contributed by atoms with Crippen LogP contribution < -0.4 is 10.2 Å². The number of rotatable bonds is 8. The van der Waals surface area contributed by atoms with Crippen LogP contribution in [0.3, 0.4) is 0 Å². The SMILES string of the molecule is CCN(C(=O)COC(=O)CNC(=O)CC12CC3CC(CC(C3)C1)C2)c1ccc(F)cc1. The molecule has 4 fully saturated rings. The number of nitrogens with one attached hydrogen (secondary N) is 1. The zero-order valence-electron chi connectivity index (χ0n) is 18.1. The molecule has 4 aliphatic rings. The fraction of sp³-hybridized carbons (Fsp3) is 0.625. The van der Waals surface area contributed by atoms with Crippen LogP contribution in [0.15, 0.2) is 24.3 Å². The van der Waals surface area contributed by atoms with Crippen molar-refractivity contribution in [3.63, 3.8) is 0 Å². The van der Waals surface area contributed by atoms with Crippen LogP contribution in [0.2, 0.25) is 0 Å². The Morgan fingerprint density at radius 2 is 1.65 bits per heavy atom. The fourth-order valence-corrected chi connectivity index (χ4v) is 6.48. The van der Waals surface area contributed by atoms with Crippen molar-refractivity contribution in [2.45, 2.75) is 51.9 Å². The van der Waals surface area contributed by atoms with Gasteiger partial charge >= 0.3 is 5.97 Å². The molecule has 7 heteroatoms. The molecule has 0 radical (unpaired) electrons. The molecule has 6 nitrogen and oxygen atoms in total. The van der Waals surface area contributed by atoms with Crippen LogP contribution in [0.1, 0.15) is 51.9 Å². The molecular formula is C24H31FN2O4. The van der Waals surface area contributed by atoms with Crippen molar-refractivity contribution in [3.8, 4) is 0 Å². The van der Waals surface area contributed by atoms with E-state index in [-0.39, 0.29) is 23.7 Å². The summed E-state index contributed by atoms with van der Waals surface area (Å²) >= 11 is 0. The summed E-state index contributed by atoms with van der Waals surface area (Å²) in [5.41, 5.74) is 0.656. The van der Waals surface area contributed by atoms with Crippen LogP contribution in [-0.2, 0) is 19.1 Å². The van der Waals surface area contributed by atoms with Gasteiger partial charge in [-0.1, -0.05) is 0 Å². The third-order valence-corrected chi connectivity index (χ3v) is 7.24. The Balaban J connectivity index is 1.21. The summed E-state index contributed by atoms with van der Waals surface area (Å²) in [7, 11) is 0. The molecule has 1 aromatic rings. The third kappa shape index (κ3) is 5.08. The fourth-order valence-electron chi connectivity index (χ4n) is 6.48. The smallest absolute Gasteiger partial charge is 0.325 e. The number of carbonyl (C=O) groups excluding carboxylic acids is 3. The van der Waals surface area contributed by atoms with Gasteiger partial charge in [-0.15, -0.1) is 0 Å². The third-order valence-electron chi connectivity index (χ3n) is 7.24. The highest BCUT2D eigenvalue weighted by molar-refractivity contribution is 5.95. The van der Waals surface area contributed by atoms with Crippen molar-refractivity contribution in [3.05, 3.63) is 30.1 Å². The minimum Gasteiger partial charge on any atom is -0.454 e. The van der Waals surface area contributed by atoms with Gasteiger partial charge in [0.15, 0.2) is 6.61 Å². The number of esters is 1. The van der Waals surface area contributed by atoms with Crippen LogP contribution in [0.25, 0.3) is 0 Å². The standard InChI is InChI=1S/C24H31FN2O4/c1-2-27(20-5-3-19(25)4-6-20)22(29)15-31-23(30)14-26-21(28)13-24-10-16-7-17(11-24)9-18(8-16)12-24/h3-6,16-18H,2,7-15H2,1H3,(H,26,28). The van der Waals surface area contributed by atoms with Gasteiger partial charge in [-0.3, -0.25) is 14.4 Å². The molecule has 4 bridgehead atoms. The Kier molecular flexibility index (Phi) is 6.30. The van der Waals surface area contributed by atoms with Crippen LogP contribution in [0.4, 0.5) is 10.1 Å². The van der Waals surface area contributed by atoms with Crippen molar-refractivity contribution < 1.29 is 23.5 Å². The lowest BCUT2D eigenvalue weighted by atomic mass is 9.49. The molecule has 5 rings (SSSR count). The molecule has 0 atom stereocenters. The predicted octanol–water partition coefficient (Wildman–Crippen LogP) is 3.44. The normalized spacial score (nSPS) is 28.3. The monoisotopic (exact) mass is 430 g/mol. The zero-order chi connectivity index (χ0) is 22.0. The molecule has 4 saturated carbocycles. The zero-order valence-corrected chi connectivity index (χ0v) is 18.1. The quantitative estimate of drug-likeness (QED) is 0.641. The maximum Gasteiger partial charge on any atom is 0.325 e. The number of hydrogen-bond acceptors (Lipinski definition) is 4. The predicted molar refractivity (Wildman–Crippen MR) is 114 cm³/mol. The topological polar surface area (TPSA) is 75.7 Å². The highest BCUT2D eigenvalue weighted by atomic mass is 19.1. The summed E-state index contributed by atoms with van der Waals surface area (Å²) < 4.78 is 18.1. The van der Waals surface area contributed by atoms with Crippen molar-refractivity contribution in [2.75, 3.05) is 24.6 Å². The Morgan fingerprint density at radius 3 is 2.19 bits per heavy atom. The van der Waals surface area contributed by atoms with E-state index in [1.807, 2.05) is 0 Å². The number of benzene rings is 1. The van der Waals surface area contributed by atoms with E-state index in [2.05, 4.69) is 5.32 Å². The largest absolute Gasteiger partial charge is 0.454 e. The molecule has 0 aromatic heterocycles. The molecule has 0 unspecified atom stereocenters. The van der Waals surface area contributed by atoms with Gasteiger partial charge < -0.3 is 15.0 Å². The Bertz CT molecular complexity index is 803. The molecule has 31 heavy (non-hydrogen) atoms. The summed E-state index contributed by atoms with van der Waals surface area (Å²) in [6.45, 7) is 1.49. The first-order chi connectivity index (χ1) is 14.9. The lowest BCUT2D eigenvalue weighted by Crippen LogP contribution is -2.48. The van der Waals surface area contributed by atoms with Gasteiger partial charge in [-0.05, 0) is 92.9 Å². The van der Waals surface area contributed by atoms with Crippen molar-refractivity contribution in [2.24, 2.45) is 23.2 Å². The number of nitrogens with zero attached hydrogens (tertiary/aromatic N) is 1. The summed E-state index contributed by atoms with van der Waals surface area (Å²) in [6, 6.07) is 5.56. The van der Waals surface area contributed by atoms with E-state index >= 15 is 0 Å². The molecule has 4 aliphatic carbocycles. The minimum atomic E-state index is -0.637. The molecule has 1 N–H and O–H groups in total. The highest BCUT2D eigenvalue weighted by Gasteiger charge is 2.51. The second-order valence-electron chi connectivity index (χ2n) is 9.65. The van der Waals surface area contributed by atoms with Gasteiger partial charge in [0.25, 0.3) is 5.91 Å². The number of hydrogen-bond donors (Lipinski definition) is 1.